The highest BCUT2D eigenvalue weighted by molar-refractivity contribution is 5.78. The molecule has 0 aliphatic heterocycles. The lowest BCUT2D eigenvalue weighted by Gasteiger charge is -2.20. The number of nitrogens with one attached hydrogen (secondary N) is 1. The van der Waals surface area contributed by atoms with Crippen molar-refractivity contribution in [1.29, 1.82) is 0 Å². The highest BCUT2D eigenvalue weighted by Gasteiger charge is 2.30. The van der Waals surface area contributed by atoms with Crippen molar-refractivity contribution in [2.45, 2.75) is 32.4 Å². The van der Waals surface area contributed by atoms with Crippen molar-refractivity contribution < 1.29 is 4.79 Å². The van der Waals surface area contributed by atoms with Gasteiger partial charge in [0, 0.05) is 25.3 Å². The molecule has 1 aromatic heterocycles. The summed E-state index contributed by atoms with van der Waals surface area (Å²) in [7, 11) is 0. The van der Waals surface area contributed by atoms with Gasteiger partial charge in [-0.15, -0.1) is 0 Å². The normalized spacial score (nSPS) is 14.6. The van der Waals surface area contributed by atoms with Crippen LogP contribution in [0.25, 0.3) is 0 Å². The largest absolute Gasteiger partial charge is 0.339 e. The average Bonchev–Trinajstić information content (AvgIpc) is 3.16. The molecular weight excluding hydrogens is 216 g/mol. The SMILES string of the molecule is CCN(C(=O)CNCc1cccnn1)C1CC1. The van der Waals surface area contributed by atoms with Gasteiger partial charge in [0.2, 0.25) is 5.91 Å². The Morgan fingerprint density at radius 1 is 1.59 bits per heavy atom. The van der Waals surface area contributed by atoms with Crippen LogP contribution in [0, 0.1) is 0 Å². The molecule has 92 valence electrons. The van der Waals surface area contributed by atoms with E-state index in [0.717, 1.165) is 25.1 Å². The van der Waals surface area contributed by atoms with Gasteiger partial charge in [-0.3, -0.25) is 4.79 Å². The topological polar surface area (TPSA) is 58.1 Å². The van der Waals surface area contributed by atoms with E-state index in [9.17, 15) is 4.79 Å². The van der Waals surface area contributed by atoms with Gasteiger partial charge in [-0.2, -0.15) is 10.2 Å². The van der Waals surface area contributed by atoms with Crippen molar-refractivity contribution in [3.63, 3.8) is 0 Å². The standard InChI is InChI=1S/C12H18N4O/c1-2-16(11-5-6-11)12(17)9-13-8-10-4-3-7-14-15-10/h3-4,7,11,13H,2,5-6,8-9H2,1H3. The molecule has 2 rings (SSSR count). The molecule has 1 fully saturated rings. The van der Waals surface area contributed by atoms with Gasteiger partial charge < -0.3 is 10.2 Å². The van der Waals surface area contributed by atoms with Crippen molar-refractivity contribution in [3.8, 4) is 0 Å². The average molecular weight is 234 g/mol. The third kappa shape index (κ3) is 3.49. The Hall–Kier alpha value is -1.49. The Labute approximate surface area is 101 Å². The van der Waals surface area contributed by atoms with E-state index in [1.54, 1.807) is 6.20 Å². The molecule has 1 aromatic rings. The lowest BCUT2D eigenvalue weighted by Crippen LogP contribution is -2.39. The quantitative estimate of drug-likeness (QED) is 0.782. The number of hydrogen-bond acceptors (Lipinski definition) is 4. The summed E-state index contributed by atoms with van der Waals surface area (Å²) in [4.78, 5) is 13.8. The van der Waals surface area contributed by atoms with Crippen LogP contribution in [-0.4, -0.2) is 40.1 Å². The maximum atomic E-state index is 11.9. The van der Waals surface area contributed by atoms with E-state index >= 15 is 0 Å². The van der Waals surface area contributed by atoms with Crippen LogP contribution in [0.5, 0.6) is 0 Å². The first-order chi connectivity index (χ1) is 8.31. The Morgan fingerprint density at radius 3 is 3.00 bits per heavy atom. The first-order valence-corrected chi connectivity index (χ1v) is 6.08. The Morgan fingerprint density at radius 2 is 2.41 bits per heavy atom. The Balaban J connectivity index is 1.72. The molecule has 17 heavy (non-hydrogen) atoms. The van der Waals surface area contributed by atoms with Crippen molar-refractivity contribution in [3.05, 3.63) is 24.0 Å². The molecule has 1 aliphatic rings. The van der Waals surface area contributed by atoms with Crippen LogP contribution in [0.4, 0.5) is 0 Å². The van der Waals surface area contributed by atoms with Crippen LogP contribution >= 0.6 is 0 Å². The molecule has 0 aromatic carbocycles. The van der Waals surface area contributed by atoms with Crippen molar-refractivity contribution in [2.75, 3.05) is 13.1 Å². The van der Waals surface area contributed by atoms with Crippen LogP contribution < -0.4 is 5.32 Å². The predicted molar refractivity (Wildman–Crippen MR) is 64.1 cm³/mol. The third-order valence-corrected chi connectivity index (χ3v) is 2.86. The van der Waals surface area contributed by atoms with Crippen LogP contribution in [0.1, 0.15) is 25.5 Å². The van der Waals surface area contributed by atoms with Crippen LogP contribution in [-0.2, 0) is 11.3 Å². The molecule has 0 unspecified atom stereocenters. The van der Waals surface area contributed by atoms with E-state index in [-0.39, 0.29) is 5.91 Å². The number of likely N-dealkylation sites (N-methyl/N-ethyl adjacent to an activating group) is 1. The monoisotopic (exact) mass is 234 g/mol. The molecule has 5 heteroatoms. The number of amides is 1. The fourth-order valence-corrected chi connectivity index (χ4v) is 1.85. The zero-order chi connectivity index (χ0) is 12.1. The maximum absolute atomic E-state index is 11.9. The molecule has 0 spiro atoms. The summed E-state index contributed by atoms with van der Waals surface area (Å²) in [5, 5.41) is 10.8. The molecule has 1 N–H and O–H groups in total. The number of hydrogen-bond donors (Lipinski definition) is 1. The van der Waals surface area contributed by atoms with Crippen molar-refractivity contribution in [1.82, 2.24) is 20.4 Å². The zero-order valence-electron chi connectivity index (χ0n) is 10.1. The van der Waals surface area contributed by atoms with Crippen LogP contribution in [0.15, 0.2) is 18.3 Å². The molecular formula is C12H18N4O. The van der Waals surface area contributed by atoms with Gasteiger partial charge in [0.15, 0.2) is 0 Å². The van der Waals surface area contributed by atoms with E-state index in [0.29, 0.717) is 19.1 Å². The van der Waals surface area contributed by atoms with E-state index < -0.39 is 0 Å². The van der Waals surface area contributed by atoms with E-state index in [1.807, 2.05) is 24.0 Å². The molecule has 0 radical (unpaired) electrons. The second kappa shape index (κ2) is 5.72. The number of rotatable bonds is 6. The second-order valence-corrected chi connectivity index (χ2v) is 4.23. The minimum atomic E-state index is 0.180. The summed E-state index contributed by atoms with van der Waals surface area (Å²) in [6.45, 7) is 3.79. The van der Waals surface area contributed by atoms with Crippen LogP contribution in [0.2, 0.25) is 0 Å². The smallest absolute Gasteiger partial charge is 0.236 e. The highest BCUT2D eigenvalue weighted by Crippen LogP contribution is 2.26. The minimum Gasteiger partial charge on any atom is -0.339 e. The van der Waals surface area contributed by atoms with Gasteiger partial charge in [-0.25, -0.2) is 0 Å². The summed E-state index contributed by atoms with van der Waals surface area (Å²) in [5.41, 5.74) is 0.856. The number of carbonyl (C=O) groups excluding carboxylic acids is 1. The summed E-state index contributed by atoms with van der Waals surface area (Å²) in [6.07, 6.45) is 3.95. The van der Waals surface area contributed by atoms with Crippen molar-refractivity contribution in [2.24, 2.45) is 0 Å². The van der Waals surface area contributed by atoms with Gasteiger partial charge in [0.05, 0.1) is 12.2 Å². The molecule has 0 bridgehead atoms. The summed E-state index contributed by atoms with van der Waals surface area (Å²) in [5.74, 6) is 0.180. The molecule has 1 aliphatic carbocycles. The Kier molecular flexibility index (Phi) is 4.03. The van der Waals surface area contributed by atoms with E-state index in [4.69, 9.17) is 0 Å². The molecule has 1 heterocycles. The lowest BCUT2D eigenvalue weighted by molar-refractivity contribution is -0.130. The Bertz CT molecular complexity index is 364. The first kappa shape index (κ1) is 12.0. The fraction of sp³-hybridized carbons (Fsp3) is 0.583. The van der Waals surface area contributed by atoms with Gasteiger partial charge in [0.25, 0.3) is 0 Å². The molecule has 1 amide bonds. The molecule has 0 atom stereocenters. The number of aromatic nitrogens is 2. The van der Waals surface area contributed by atoms with E-state index in [2.05, 4.69) is 15.5 Å². The second-order valence-electron chi connectivity index (χ2n) is 4.23. The van der Waals surface area contributed by atoms with Gasteiger partial charge in [-0.1, -0.05) is 0 Å². The zero-order valence-corrected chi connectivity index (χ0v) is 10.1. The van der Waals surface area contributed by atoms with Gasteiger partial charge >= 0.3 is 0 Å². The van der Waals surface area contributed by atoms with Crippen LogP contribution in [0.3, 0.4) is 0 Å². The third-order valence-electron chi connectivity index (χ3n) is 2.86. The highest BCUT2D eigenvalue weighted by atomic mass is 16.2. The summed E-state index contributed by atoms with van der Waals surface area (Å²) in [6, 6.07) is 4.22. The summed E-state index contributed by atoms with van der Waals surface area (Å²) < 4.78 is 0. The molecule has 0 saturated heterocycles. The maximum Gasteiger partial charge on any atom is 0.236 e. The summed E-state index contributed by atoms with van der Waals surface area (Å²) >= 11 is 0. The predicted octanol–water partition coefficient (Wildman–Crippen LogP) is 0.577. The van der Waals surface area contributed by atoms with E-state index in [1.165, 1.54) is 0 Å². The fourth-order valence-electron chi connectivity index (χ4n) is 1.85. The van der Waals surface area contributed by atoms with Gasteiger partial charge in [-0.05, 0) is 31.9 Å². The first-order valence-electron chi connectivity index (χ1n) is 6.08. The molecule has 5 nitrogen and oxygen atoms in total. The molecule has 1 saturated carbocycles. The number of nitrogens with zero attached hydrogens (tertiary/aromatic N) is 3. The van der Waals surface area contributed by atoms with Gasteiger partial charge in [0.1, 0.15) is 0 Å². The van der Waals surface area contributed by atoms with Crippen molar-refractivity contribution >= 4 is 5.91 Å². The number of carbonyl (C=O) groups is 1. The minimum absolute atomic E-state index is 0.180. The lowest BCUT2D eigenvalue weighted by atomic mass is 10.3.